The van der Waals surface area contributed by atoms with Crippen LogP contribution in [0.5, 0.6) is 0 Å². The van der Waals surface area contributed by atoms with E-state index < -0.39 is 54.5 Å². The fourth-order valence-electron chi connectivity index (χ4n) is 4.04. The third-order valence-electron chi connectivity index (χ3n) is 5.64. The molecule has 182 valence electrons. The van der Waals surface area contributed by atoms with Crippen molar-refractivity contribution < 1.29 is 27.6 Å². The van der Waals surface area contributed by atoms with Gasteiger partial charge in [0.15, 0.2) is 0 Å². The SMILES string of the molecule is O=C1CC[C@@H](C(=O)N(c2cncc(F)c2)C(C(=O)NC2CC(F)(F)C2)c2ccccc2Cl)N1.S. The first-order valence-corrected chi connectivity index (χ1v) is 10.7. The normalized spacial score (nSPS) is 19.9. The molecule has 1 aliphatic carbocycles. The lowest BCUT2D eigenvalue weighted by atomic mass is 9.87. The first-order chi connectivity index (χ1) is 15.6. The summed E-state index contributed by atoms with van der Waals surface area (Å²) in [6.07, 6.45) is 1.38. The van der Waals surface area contributed by atoms with Crippen LogP contribution in [0.1, 0.15) is 37.3 Å². The van der Waals surface area contributed by atoms with Gasteiger partial charge in [-0.1, -0.05) is 29.8 Å². The van der Waals surface area contributed by atoms with Crippen molar-refractivity contribution in [2.75, 3.05) is 4.90 Å². The Morgan fingerprint density at radius 2 is 1.94 bits per heavy atom. The van der Waals surface area contributed by atoms with Gasteiger partial charge in [-0.25, -0.2) is 13.2 Å². The minimum absolute atomic E-state index is 0. The number of rotatable bonds is 6. The van der Waals surface area contributed by atoms with Crippen LogP contribution in [0.25, 0.3) is 0 Å². The topological polar surface area (TPSA) is 91.4 Å². The van der Waals surface area contributed by atoms with Crippen molar-refractivity contribution in [3.05, 3.63) is 59.1 Å². The number of nitrogens with zero attached hydrogens (tertiary/aromatic N) is 2. The third-order valence-corrected chi connectivity index (χ3v) is 5.99. The highest BCUT2D eigenvalue weighted by Crippen LogP contribution is 2.39. The molecule has 1 saturated carbocycles. The Hall–Kier alpha value is -2.79. The second-order valence-electron chi connectivity index (χ2n) is 8.12. The Bertz CT molecular complexity index is 1100. The molecule has 1 aromatic heterocycles. The molecule has 1 saturated heterocycles. The second kappa shape index (κ2) is 10.2. The van der Waals surface area contributed by atoms with E-state index in [2.05, 4.69) is 15.6 Å². The van der Waals surface area contributed by atoms with Gasteiger partial charge < -0.3 is 10.6 Å². The molecule has 12 heteroatoms. The van der Waals surface area contributed by atoms with Crippen LogP contribution in [0, 0.1) is 5.82 Å². The van der Waals surface area contributed by atoms with E-state index in [0.29, 0.717) is 0 Å². The zero-order chi connectivity index (χ0) is 23.8. The standard InChI is InChI=1S/C22H20ClF3N4O3.H2S/c23-16-4-2-1-3-15(16)19(20(32)28-13-8-22(25,26)9-13)30(14-7-12(24)10-27-11-14)21(33)17-5-6-18(31)29-17;/h1-4,7,10-11,13,17,19H,5-6,8-9H2,(H,28,32)(H,29,31);1H2/t17-,19?;/m0./s1. The molecule has 0 bridgehead atoms. The first kappa shape index (κ1) is 25.8. The number of alkyl halides is 2. The maximum Gasteiger partial charge on any atom is 0.252 e. The van der Waals surface area contributed by atoms with Crippen LogP contribution in [0.4, 0.5) is 18.9 Å². The number of halogens is 4. The van der Waals surface area contributed by atoms with Crippen molar-refractivity contribution in [1.82, 2.24) is 15.6 Å². The monoisotopic (exact) mass is 514 g/mol. The third kappa shape index (κ3) is 5.47. The highest BCUT2D eigenvalue weighted by molar-refractivity contribution is 7.59. The van der Waals surface area contributed by atoms with Crippen LogP contribution in [0.3, 0.4) is 0 Å². The molecule has 0 spiro atoms. The lowest BCUT2D eigenvalue weighted by Crippen LogP contribution is -2.55. The average molecular weight is 515 g/mol. The lowest BCUT2D eigenvalue weighted by molar-refractivity contribution is -0.133. The Morgan fingerprint density at radius 3 is 2.53 bits per heavy atom. The van der Waals surface area contributed by atoms with E-state index in [4.69, 9.17) is 11.6 Å². The van der Waals surface area contributed by atoms with Gasteiger partial charge in [-0.2, -0.15) is 13.5 Å². The maximum atomic E-state index is 14.1. The number of pyridine rings is 1. The van der Waals surface area contributed by atoms with Gasteiger partial charge in [-0.3, -0.25) is 24.3 Å². The number of hydrogen-bond donors (Lipinski definition) is 2. The van der Waals surface area contributed by atoms with Crippen molar-refractivity contribution in [3.63, 3.8) is 0 Å². The Labute approximate surface area is 205 Å². The summed E-state index contributed by atoms with van der Waals surface area (Å²) in [5.74, 6) is -5.38. The molecule has 7 nitrogen and oxygen atoms in total. The molecule has 2 N–H and O–H groups in total. The summed E-state index contributed by atoms with van der Waals surface area (Å²) >= 11 is 6.35. The molecule has 1 aromatic carbocycles. The minimum Gasteiger partial charge on any atom is -0.351 e. The molecule has 34 heavy (non-hydrogen) atoms. The number of benzene rings is 1. The summed E-state index contributed by atoms with van der Waals surface area (Å²) < 4.78 is 40.7. The van der Waals surface area contributed by atoms with Crippen LogP contribution in [-0.2, 0) is 14.4 Å². The summed E-state index contributed by atoms with van der Waals surface area (Å²) in [6, 6.07) is 4.12. The van der Waals surface area contributed by atoms with Crippen molar-refractivity contribution in [3.8, 4) is 0 Å². The Kier molecular flexibility index (Phi) is 7.77. The molecule has 2 fully saturated rings. The first-order valence-electron chi connectivity index (χ1n) is 10.3. The molecular formula is C22H22ClF3N4O3S. The van der Waals surface area contributed by atoms with Gasteiger partial charge in [0.1, 0.15) is 17.9 Å². The fraction of sp³-hybridized carbons (Fsp3) is 0.364. The summed E-state index contributed by atoms with van der Waals surface area (Å²) in [7, 11) is 0. The number of carbonyl (C=O) groups is 3. The fourth-order valence-corrected chi connectivity index (χ4v) is 4.28. The highest BCUT2D eigenvalue weighted by atomic mass is 35.5. The minimum atomic E-state index is -2.87. The van der Waals surface area contributed by atoms with Gasteiger partial charge in [0.25, 0.3) is 11.8 Å². The van der Waals surface area contributed by atoms with Gasteiger partial charge in [-0.05, 0) is 12.5 Å². The molecule has 3 amide bonds. The van der Waals surface area contributed by atoms with Gasteiger partial charge in [0.05, 0.1) is 18.1 Å². The summed E-state index contributed by atoms with van der Waals surface area (Å²) in [5.41, 5.74) is 0.171. The molecule has 2 aliphatic rings. The molecule has 1 unspecified atom stereocenters. The maximum absolute atomic E-state index is 14.1. The van der Waals surface area contributed by atoms with E-state index in [1.165, 1.54) is 18.3 Å². The zero-order valence-corrected chi connectivity index (χ0v) is 19.5. The van der Waals surface area contributed by atoms with Crippen molar-refractivity contribution in [2.24, 2.45) is 0 Å². The predicted molar refractivity (Wildman–Crippen MR) is 124 cm³/mol. The van der Waals surface area contributed by atoms with Crippen LogP contribution >= 0.6 is 25.1 Å². The molecular weight excluding hydrogens is 493 g/mol. The van der Waals surface area contributed by atoms with Crippen LogP contribution in [0.2, 0.25) is 5.02 Å². The van der Waals surface area contributed by atoms with Crippen molar-refractivity contribution in [1.29, 1.82) is 0 Å². The van der Waals surface area contributed by atoms with Crippen LogP contribution in [-0.4, -0.2) is 40.7 Å². The molecule has 1 aliphatic heterocycles. The number of hydrogen-bond acceptors (Lipinski definition) is 4. The number of aromatic nitrogens is 1. The lowest BCUT2D eigenvalue weighted by Gasteiger charge is -2.38. The summed E-state index contributed by atoms with van der Waals surface area (Å²) in [5, 5.41) is 5.24. The van der Waals surface area contributed by atoms with E-state index in [-0.39, 0.29) is 48.5 Å². The Morgan fingerprint density at radius 1 is 1.24 bits per heavy atom. The number of amides is 3. The van der Waals surface area contributed by atoms with Gasteiger partial charge in [0.2, 0.25) is 11.8 Å². The predicted octanol–water partition coefficient (Wildman–Crippen LogP) is 3.25. The van der Waals surface area contributed by atoms with E-state index in [1.54, 1.807) is 12.1 Å². The molecule has 0 radical (unpaired) electrons. The van der Waals surface area contributed by atoms with E-state index in [1.807, 2.05) is 0 Å². The van der Waals surface area contributed by atoms with Gasteiger partial charge in [-0.15, -0.1) is 0 Å². The van der Waals surface area contributed by atoms with Crippen LogP contribution in [0.15, 0.2) is 42.7 Å². The van der Waals surface area contributed by atoms with Crippen LogP contribution < -0.4 is 15.5 Å². The average Bonchev–Trinajstić information content (AvgIpc) is 3.17. The quantitative estimate of drug-likeness (QED) is 0.619. The van der Waals surface area contributed by atoms with E-state index >= 15 is 0 Å². The van der Waals surface area contributed by atoms with E-state index in [9.17, 15) is 27.6 Å². The van der Waals surface area contributed by atoms with Crippen molar-refractivity contribution in [2.45, 2.75) is 49.7 Å². The van der Waals surface area contributed by atoms with Crippen molar-refractivity contribution >= 4 is 48.5 Å². The summed E-state index contributed by atoms with van der Waals surface area (Å²) in [4.78, 5) is 43.4. The summed E-state index contributed by atoms with van der Waals surface area (Å²) in [6.45, 7) is 0. The molecule has 2 atom stereocenters. The second-order valence-corrected chi connectivity index (χ2v) is 8.53. The number of anilines is 1. The largest absolute Gasteiger partial charge is 0.351 e. The molecule has 2 heterocycles. The Balaban J connectivity index is 0.00000324. The van der Waals surface area contributed by atoms with E-state index in [0.717, 1.165) is 17.2 Å². The molecule has 2 aromatic rings. The van der Waals surface area contributed by atoms with Gasteiger partial charge in [0, 0.05) is 42.0 Å². The number of carbonyl (C=O) groups excluding carboxylic acids is 3. The highest BCUT2D eigenvalue weighted by Gasteiger charge is 2.47. The smallest absolute Gasteiger partial charge is 0.252 e. The zero-order valence-electron chi connectivity index (χ0n) is 17.7. The molecule has 4 rings (SSSR count). The number of nitrogens with one attached hydrogen (secondary N) is 2. The van der Waals surface area contributed by atoms with Gasteiger partial charge >= 0.3 is 0 Å².